The van der Waals surface area contributed by atoms with E-state index in [1.54, 1.807) is 43.3 Å². The van der Waals surface area contributed by atoms with Gasteiger partial charge in [0.1, 0.15) is 5.75 Å². The number of amides is 2. The highest BCUT2D eigenvalue weighted by atomic mass is 16.7. The van der Waals surface area contributed by atoms with Gasteiger partial charge in [-0.05, 0) is 61.9 Å². The van der Waals surface area contributed by atoms with Crippen LogP contribution in [0.2, 0.25) is 0 Å². The molecule has 3 aromatic carbocycles. The fourth-order valence-electron chi connectivity index (χ4n) is 2.83. The van der Waals surface area contributed by atoms with Crippen molar-refractivity contribution in [3.8, 4) is 5.75 Å². The molecular weight excluding hydrogens is 396 g/mol. The van der Waals surface area contributed by atoms with Crippen molar-refractivity contribution in [2.45, 2.75) is 13.8 Å². The average molecular weight is 418 g/mol. The molecule has 3 rings (SSSR count). The van der Waals surface area contributed by atoms with Gasteiger partial charge < -0.3 is 20.1 Å². The number of ether oxygens (including phenoxy) is 2. The number of aryl methyl sites for hydroxylation is 1. The summed E-state index contributed by atoms with van der Waals surface area (Å²) in [6.45, 7) is 3.74. The van der Waals surface area contributed by atoms with Gasteiger partial charge in [0.25, 0.3) is 11.8 Å². The lowest BCUT2D eigenvalue weighted by Gasteiger charge is -2.13. The fraction of sp³-hybridized carbons (Fsp3) is 0.125. The second kappa shape index (κ2) is 10.1. The molecule has 0 fully saturated rings. The molecule has 7 heteroatoms. The number of para-hydroxylation sites is 2. The van der Waals surface area contributed by atoms with Crippen molar-refractivity contribution >= 4 is 29.3 Å². The second-order valence-electron chi connectivity index (χ2n) is 6.58. The number of hydrogen-bond acceptors (Lipinski definition) is 5. The molecule has 0 heterocycles. The summed E-state index contributed by atoms with van der Waals surface area (Å²) in [4.78, 5) is 36.7. The van der Waals surface area contributed by atoms with E-state index in [4.69, 9.17) is 9.47 Å². The highest BCUT2D eigenvalue weighted by Gasteiger charge is 2.14. The van der Waals surface area contributed by atoms with Crippen LogP contribution in [0.25, 0.3) is 0 Å². The van der Waals surface area contributed by atoms with Crippen molar-refractivity contribution in [3.63, 3.8) is 0 Å². The molecule has 2 amide bonds. The van der Waals surface area contributed by atoms with E-state index >= 15 is 0 Å². The van der Waals surface area contributed by atoms with Gasteiger partial charge in [-0.25, -0.2) is 4.79 Å². The third-order valence-corrected chi connectivity index (χ3v) is 4.39. The van der Waals surface area contributed by atoms with Gasteiger partial charge in [0.2, 0.25) is 0 Å². The Balaban J connectivity index is 1.70. The van der Waals surface area contributed by atoms with Crippen LogP contribution >= 0.6 is 0 Å². The van der Waals surface area contributed by atoms with E-state index < -0.39 is 6.16 Å². The van der Waals surface area contributed by atoms with Gasteiger partial charge >= 0.3 is 6.16 Å². The lowest BCUT2D eigenvalue weighted by Crippen LogP contribution is -2.17. The average Bonchev–Trinajstić information content (AvgIpc) is 2.76. The third kappa shape index (κ3) is 5.70. The van der Waals surface area contributed by atoms with Crippen molar-refractivity contribution in [2.24, 2.45) is 0 Å². The molecule has 3 aromatic rings. The molecule has 0 aliphatic heterocycles. The van der Waals surface area contributed by atoms with Gasteiger partial charge in [0.15, 0.2) is 0 Å². The lowest BCUT2D eigenvalue weighted by molar-refractivity contribution is 0.101. The number of carbonyl (C=O) groups excluding carboxylic acids is 3. The topological polar surface area (TPSA) is 93.7 Å². The number of hydrogen-bond donors (Lipinski definition) is 2. The molecule has 0 spiro atoms. The summed E-state index contributed by atoms with van der Waals surface area (Å²) < 4.78 is 9.69. The first-order chi connectivity index (χ1) is 15.0. The molecule has 158 valence electrons. The quantitative estimate of drug-likeness (QED) is 0.432. The predicted molar refractivity (Wildman–Crippen MR) is 118 cm³/mol. The van der Waals surface area contributed by atoms with Crippen LogP contribution in [0.15, 0.2) is 72.8 Å². The molecule has 0 aliphatic rings. The van der Waals surface area contributed by atoms with Crippen molar-refractivity contribution in [2.75, 3.05) is 17.2 Å². The van der Waals surface area contributed by atoms with Crippen molar-refractivity contribution < 1.29 is 23.9 Å². The van der Waals surface area contributed by atoms with E-state index in [0.29, 0.717) is 22.5 Å². The summed E-state index contributed by atoms with van der Waals surface area (Å²) in [7, 11) is 0. The van der Waals surface area contributed by atoms with Crippen LogP contribution in [-0.2, 0) is 4.74 Å². The van der Waals surface area contributed by atoms with E-state index in [-0.39, 0.29) is 24.2 Å². The smallest absolute Gasteiger partial charge is 0.434 e. The molecule has 0 unspecified atom stereocenters. The fourth-order valence-corrected chi connectivity index (χ4v) is 2.83. The van der Waals surface area contributed by atoms with E-state index in [1.165, 1.54) is 24.3 Å². The number of anilines is 2. The molecule has 31 heavy (non-hydrogen) atoms. The van der Waals surface area contributed by atoms with Gasteiger partial charge in [-0.3, -0.25) is 9.59 Å². The van der Waals surface area contributed by atoms with Crippen LogP contribution in [-0.4, -0.2) is 24.6 Å². The van der Waals surface area contributed by atoms with Crippen molar-refractivity contribution in [3.05, 3.63) is 89.5 Å². The summed E-state index contributed by atoms with van der Waals surface area (Å²) in [5, 5.41) is 5.63. The zero-order valence-corrected chi connectivity index (χ0v) is 17.2. The van der Waals surface area contributed by atoms with Crippen LogP contribution in [0.4, 0.5) is 16.2 Å². The Morgan fingerprint density at radius 3 is 1.97 bits per heavy atom. The number of carbonyl (C=O) groups is 3. The minimum Gasteiger partial charge on any atom is -0.434 e. The van der Waals surface area contributed by atoms with Gasteiger partial charge in [-0.15, -0.1) is 0 Å². The maximum Gasteiger partial charge on any atom is 0.513 e. The van der Waals surface area contributed by atoms with E-state index in [0.717, 1.165) is 5.56 Å². The first-order valence-electron chi connectivity index (χ1n) is 9.70. The summed E-state index contributed by atoms with van der Waals surface area (Å²) in [5.41, 5.74) is 2.70. The van der Waals surface area contributed by atoms with E-state index in [2.05, 4.69) is 10.6 Å². The van der Waals surface area contributed by atoms with Gasteiger partial charge in [-0.2, -0.15) is 0 Å². The molecule has 0 radical (unpaired) electrons. The Morgan fingerprint density at radius 2 is 1.35 bits per heavy atom. The highest BCUT2D eigenvalue weighted by Crippen LogP contribution is 2.23. The number of nitrogens with one attached hydrogen (secondary N) is 2. The van der Waals surface area contributed by atoms with Crippen LogP contribution in [0, 0.1) is 6.92 Å². The molecule has 0 saturated carbocycles. The summed E-state index contributed by atoms with van der Waals surface area (Å²) in [6, 6.07) is 20.2. The largest absolute Gasteiger partial charge is 0.513 e. The summed E-state index contributed by atoms with van der Waals surface area (Å²) in [6.07, 6.45) is -0.807. The molecule has 0 aliphatic carbocycles. The van der Waals surface area contributed by atoms with Gasteiger partial charge in [-0.1, -0.05) is 30.3 Å². The Labute approximate surface area is 180 Å². The highest BCUT2D eigenvalue weighted by molar-refractivity contribution is 6.10. The lowest BCUT2D eigenvalue weighted by atomic mass is 10.1. The van der Waals surface area contributed by atoms with Crippen molar-refractivity contribution in [1.29, 1.82) is 0 Å². The standard InChI is InChI=1S/C24H22N2O5/c1-3-30-24(29)31-18-14-12-17(13-15-18)22(27)25-20-10-6-7-11-21(20)26-23(28)19-9-5-4-8-16(19)2/h4-15H,3H2,1-2H3,(H,25,27)(H,26,28). The minimum absolute atomic E-state index is 0.207. The maximum absolute atomic E-state index is 12.7. The Kier molecular flexibility index (Phi) is 7.01. The molecule has 0 aromatic heterocycles. The van der Waals surface area contributed by atoms with E-state index in [1.807, 2.05) is 19.1 Å². The number of benzene rings is 3. The first kappa shape index (κ1) is 21.6. The summed E-state index contributed by atoms with van der Waals surface area (Å²) >= 11 is 0. The van der Waals surface area contributed by atoms with E-state index in [9.17, 15) is 14.4 Å². The Morgan fingerprint density at radius 1 is 0.774 bits per heavy atom. The molecule has 7 nitrogen and oxygen atoms in total. The SMILES string of the molecule is CCOC(=O)Oc1ccc(C(=O)Nc2ccccc2NC(=O)c2ccccc2C)cc1. The Hall–Kier alpha value is -4.13. The summed E-state index contributed by atoms with van der Waals surface area (Å²) in [5.74, 6) is -0.374. The first-order valence-corrected chi connectivity index (χ1v) is 9.70. The number of rotatable bonds is 6. The van der Waals surface area contributed by atoms with Crippen LogP contribution in [0.1, 0.15) is 33.2 Å². The van der Waals surface area contributed by atoms with Crippen LogP contribution < -0.4 is 15.4 Å². The second-order valence-corrected chi connectivity index (χ2v) is 6.58. The molecule has 0 atom stereocenters. The van der Waals surface area contributed by atoms with Gasteiger partial charge in [0, 0.05) is 11.1 Å². The zero-order chi connectivity index (χ0) is 22.2. The molecule has 0 bridgehead atoms. The predicted octanol–water partition coefficient (Wildman–Crippen LogP) is 5.03. The van der Waals surface area contributed by atoms with Crippen molar-refractivity contribution in [1.82, 2.24) is 0 Å². The van der Waals surface area contributed by atoms with Crippen LogP contribution in [0.3, 0.4) is 0 Å². The molecule has 2 N–H and O–H groups in total. The molecule has 0 saturated heterocycles. The monoisotopic (exact) mass is 418 g/mol. The third-order valence-electron chi connectivity index (χ3n) is 4.39. The van der Waals surface area contributed by atoms with Gasteiger partial charge in [0.05, 0.1) is 18.0 Å². The normalized spacial score (nSPS) is 10.1. The zero-order valence-electron chi connectivity index (χ0n) is 17.2. The molecular formula is C24H22N2O5. The Bertz CT molecular complexity index is 1090. The maximum atomic E-state index is 12.7. The minimum atomic E-state index is -0.807. The van der Waals surface area contributed by atoms with Crippen LogP contribution in [0.5, 0.6) is 5.75 Å².